The van der Waals surface area contributed by atoms with E-state index in [9.17, 15) is 4.79 Å². The van der Waals surface area contributed by atoms with Gasteiger partial charge in [0.1, 0.15) is 0 Å². The Bertz CT molecular complexity index is 767. The minimum Gasteiger partial charge on any atom is -0.376 e. The highest BCUT2D eigenvalue weighted by atomic mass is 16.5. The fourth-order valence-electron chi connectivity index (χ4n) is 4.04. The zero-order chi connectivity index (χ0) is 19.5. The zero-order valence-corrected chi connectivity index (χ0v) is 16.7. The van der Waals surface area contributed by atoms with E-state index in [1.54, 1.807) is 6.07 Å². The Labute approximate surface area is 161 Å². The van der Waals surface area contributed by atoms with Crippen molar-refractivity contribution >= 4 is 5.91 Å². The lowest BCUT2D eigenvalue weighted by molar-refractivity contribution is -0.0838. The summed E-state index contributed by atoms with van der Waals surface area (Å²) in [5.41, 5.74) is 1.94. The summed E-state index contributed by atoms with van der Waals surface area (Å²) in [6.45, 7) is 9.65. The Hall–Kier alpha value is -2.14. The van der Waals surface area contributed by atoms with E-state index in [-0.39, 0.29) is 28.6 Å². The average molecular weight is 370 g/mol. The van der Waals surface area contributed by atoms with Gasteiger partial charge >= 0.3 is 0 Å². The van der Waals surface area contributed by atoms with Gasteiger partial charge in [-0.2, -0.15) is 0 Å². The zero-order valence-electron chi connectivity index (χ0n) is 16.7. The number of amides is 1. The quantitative estimate of drug-likeness (QED) is 0.816. The number of carbonyl (C=O) groups excluding carboxylic acids is 1. The number of nitrogens with zero attached hydrogens (tertiary/aromatic N) is 1. The second-order valence-electron chi connectivity index (χ2n) is 8.46. The first kappa shape index (κ1) is 19.6. The van der Waals surface area contributed by atoms with Crippen molar-refractivity contribution in [3.05, 3.63) is 53.4 Å². The summed E-state index contributed by atoms with van der Waals surface area (Å²) in [6, 6.07) is 12.3. The van der Waals surface area contributed by atoms with Crippen LogP contribution in [0.1, 0.15) is 74.7 Å². The molecule has 0 saturated carbocycles. The van der Waals surface area contributed by atoms with Gasteiger partial charge in [0.15, 0.2) is 0 Å². The van der Waals surface area contributed by atoms with Gasteiger partial charge in [-0.25, -0.2) is 0 Å². The van der Waals surface area contributed by atoms with Gasteiger partial charge < -0.3 is 14.6 Å². The molecule has 1 aliphatic heterocycles. The molecule has 5 heteroatoms. The van der Waals surface area contributed by atoms with Crippen molar-refractivity contribution in [2.24, 2.45) is 0 Å². The van der Waals surface area contributed by atoms with E-state index in [0.29, 0.717) is 6.54 Å². The number of benzene rings is 1. The molecule has 0 bridgehead atoms. The molecule has 1 amide bonds. The SMILES string of the molecule is CC(C)c1cc(C(=O)NCCC2(c3ccccc3)CCOC(C)(C)C2)on1. The maximum absolute atomic E-state index is 12.4. The molecule has 5 nitrogen and oxygen atoms in total. The van der Waals surface area contributed by atoms with Gasteiger partial charge in [-0.1, -0.05) is 49.3 Å². The van der Waals surface area contributed by atoms with Crippen LogP contribution in [0.3, 0.4) is 0 Å². The van der Waals surface area contributed by atoms with Crippen molar-refractivity contribution in [3.8, 4) is 0 Å². The van der Waals surface area contributed by atoms with E-state index in [1.165, 1.54) is 5.56 Å². The Balaban J connectivity index is 1.69. The van der Waals surface area contributed by atoms with Crippen molar-refractivity contribution in [2.45, 2.75) is 63.9 Å². The van der Waals surface area contributed by atoms with E-state index >= 15 is 0 Å². The van der Waals surface area contributed by atoms with E-state index in [2.05, 4.69) is 48.6 Å². The Morgan fingerprint density at radius 2 is 2.00 bits per heavy atom. The van der Waals surface area contributed by atoms with Gasteiger partial charge in [0.25, 0.3) is 5.91 Å². The summed E-state index contributed by atoms with van der Waals surface area (Å²) >= 11 is 0. The molecule has 2 heterocycles. The number of aromatic nitrogens is 1. The van der Waals surface area contributed by atoms with Gasteiger partial charge in [-0.3, -0.25) is 4.79 Å². The summed E-state index contributed by atoms with van der Waals surface area (Å²) in [6.07, 6.45) is 2.75. The third-order valence-electron chi connectivity index (χ3n) is 5.46. The third-order valence-corrected chi connectivity index (χ3v) is 5.46. The molecule has 1 aromatic carbocycles. The number of hydrogen-bond donors (Lipinski definition) is 1. The second-order valence-corrected chi connectivity index (χ2v) is 8.46. The number of rotatable bonds is 6. The minimum atomic E-state index is -0.205. The third kappa shape index (κ3) is 4.59. The van der Waals surface area contributed by atoms with Crippen molar-refractivity contribution < 1.29 is 14.1 Å². The number of hydrogen-bond acceptors (Lipinski definition) is 4. The van der Waals surface area contributed by atoms with Crippen LogP contribution in [0.5, 0.6) is 0 Å². The van der Waals surface area contributed by atoms with E-state index in [0.717, 1.165) is 31.6 Å². The van der Waals surface area contributed by atoms with Crippen LogP contribution in [0.15, 0.2) is 40.9 Å². The van der Waals surface area contributed by atoms with Gasteiger partial charge in [-0.15, -0.1) is 0 Å². The van der Waals surface area contributed by atoms with Crippen LogP contribution in [-0.4, -0.2) is 29.8 Å². The predicted molar refractivity (Wildman–Crippen MR) is 105 cm³/mol. The van der Waals surface area contributed by atoms with Crippen molar-refractivity contribution in [1.82, 2.24) is 10.5 Å². The summed E-state index contributed by atoms with van der Waals surface area (Å²) in [4.78, 5) is 12.4. The molecule has 1 N–H and O–H groups in total. The molecular formula is C22H30N2O3. The Morgan fingerprint density at radius 1 is 1.26 bits per heavy atom. The fourth-order valence-corrected chi connectivity index (χ4v) is 4.04. The van der Waals surface area contributed by atoms with Crippen molar-refractivity contribution in [1.29, 1.82) is 0 Å². The highest BCUT2D eigenvalue weighted by Gasteiger charge is 2.41. The molecule has 27 heavy (non-hydrogen) atoms. The maximum Gasteiger partial charge on any atom is 0.289 e. The topological polar surface area (TPSA) is 64.4 Å². The highest BCUT2D eigenvalue weighted by Crippen LogP contribution is 2.43. The molecule has 0 radical (unpaired) electrons. The summed E-state index contributed by atoms with van der Waals surface area (Å²) in [7, 11) is 0. The molecule has 0 aliphatic carbocycles. The van der Waals surface area contributed by atoms with Crippen LogP contribution in [0, 0.1) is 0 Å². The maximum atomic E-state index is 12.4. The first-order valence-electron chi connectivity index (χ1n) is 9.76. The molecule has 1 aromatic heterocycles. The van der Waals surface area contributed by atoms with Crippen LogP contribution in [-0.2, 0) is 10.2 Å². The fraction of sp³-hybridized carbons (Fsp3) is 0.545. The van der Waals surface area contributed by atoms with Crippen LogP contribution in [0.4, 0.5) is 0 Å². The van der Waals surface area contributed by atoms with Gasteiger partial charge in [0.2, 0.25) is 5.76 Å². The van der Waals surface area contributed by atoms with Gasteiger partial charge in [0.05, 0.1) is 11.3 Å². The summed E-state index contributed by atoms with van der Waals surface area (Å²) in [5.74, 6) is 0.310. The smallest absolute Gasteiger partial charge is 0.289 e. The van der Waals surface area contributed by atoms with E-state index in [4.69, 9.17) is 9.26 Å². The molecule has 1 fully saturated rings. The molecule has 1 saturated heterocycles. The summed E-state index contributed by atoms with van der Waals surface area (Å²) < 4.78 is 11.1. The number of nitrogens with one attached hydrogen (secondary N) is 1. The van der Waals surface area contributed by atoms with Crippen molar-refractivity contribution in [2.75, 3.05) is 13.2 Å². The molecule has 1 unspecified atom stereocenters. The average Bonchev–Trinajstić information content (AvgIpc) is 3.12. The largest absolute Gasteiger partial charge is 0.376 e. The number of carbonyl (C=O) groups is 1. The highest BCUT2D eigenvalue weighted by molar-refractivity contribution is 5.91. The van der Waals surface area contributed by atoms with E-state index in [1.807, 2.05) is 19.9 Å². The molecular weight excluding hydrogens is 340 g/mol. The molecule has 2 aromatic rings. The molecule has 146 valence electrons. The van der Waals surface area contributed by atoms with Crippen LogP contribution in [0.2, 0.25) is 0 Å². The molecule has 1 aliphatic rings. The predicted octanol–water partition coefficient (Wildman–Crippen LogP) is 4.44. The van der Waals surface area contributed by atoms with E-state index < -0.39 is 0 Å². The first-order chi connectivity index (χ1) is 12.8. The molecule has 0 spiro atoms. The second kappa shape index (κ2) is 7.85. The van der Waals surface area contributed by atoms with Crippen molar-refractivity contribution in [3.63, 3.8) is 0 Å². The monoisotopic (exact) mass is 370 g/mol. The van der Waals surface area contributed by atoms with Crippen LogP contribution in [0.25, 0.3) is 0 Å². The lowest BCUT2D eigenvalue weighted by Gasteiger charge is -2.45. The summed E-state index contributed by atoms with van der Waals surface area (Å²) in [5, 5.41) is 6.97. The molecule has 1 atom stereocenters. The lowest BCUT2D eigenvalue weighted by atomic mass is 9.67. The first-order valence-corrected chi connectivity index (χ1v) is 9.76. The standard InChI is InChI=1S/C22H30N2O3/c1-16(2)18-14-19(27-24-18)20(25)23-12-10-22(17-8-6-5-7-9-17)11-13-26-21(3,4)15-22/h5-9,14,16H,10-13,15H2,1-4H3,(H,23,25). The normalized spacial score (nSPS) is 22.0. The minimum absolute atomic E-state index is 0.000791. The van der Waals surface area contributed by atoms with Gasteiger partial charge in [0, 0.05) is 24.6 Å². The Kier molecular flexibility index (Phi) is 5.70. The number of ether oxygens (including phenoxy) is 1. The Morgan fingerprint density at radius 3 is 2.63 bits per heavy atom. The van der Waals surface area contributed by atoms with Gasteiger partial charge in [-0.05, 0) is 44.6 Å². The van der Waals surface area contributed by atoms with Crippen LogP contribution < -0.4 is 5.32 Å². The lowest BCUT2D eigenvalue weighted by Crippen LogP contribution is -2.45. The molecule has 3 rings (SSSR count). The van der Waals surface area contributed by atoms with Crippen LogP contribution >= 0.6 is 0 Å².